The zero-order chi connectivity index (χ0) is 24.2. The van der Waals surface area contributed by atoms with E-state index >= 15 is 0 Å². The van der Waals surface area contributed by atoms with E-state index in [0.717, 1.165) is 34.3 Å². The van der Waals surface area contributed by atoms with E-state index in [-0.39, 0.29) is 19.0 Å². The zero-order valence-electron chi connectivity index (χ0n) is 19.5. The first-order valence-corrected chi connectivity index (χ1v) is 11.2. The molecule has 0 radical (unpaired) electrons. The number of hydrogen-bond acceptors (Lipinski definition) is 7. The average molecular weight is 465 g/mol. The van der Waals surface area contributed by atoms with Gasteiger partial charge in [0.2, 0.25) is 5.95 Å². The van der Waals surface area contributed by atoms with Crippen molar-refractivity contribution in [2.45, 2.75) is 45.9 Å². The molecule has 178 valence electrons. The summed E-state index contributed by atoms with van der Waals surface area (Å²) in [6.45, 7) is 3.65. The van der Waals surface area contributed by atoms with Gasteiger partial charge in [0.15, 0.2) is 0 Å². The summed E-state index contributed by atoms with van der Waals surface area (Å²) in [5.74, 6) is -0.298. The highest BCUT2D eigenvalue weighted by Gasteiger charge is 2.23. The molecular weight excluding hydrogens is 436 g/mol. The van der Waals surface area contributed by atoms with Crippen LogP contribution in [-0.4, -0.2) is 33.3 Å². The second kappa shape index (κ2) is 9.94. The van der Waals surface area contributed by atoms with Gasteiger partial charge in [-0.2, -0.15) is 4.98 Å². The van der Waals surface area contributed by atoms with Crippen LogP contribution < -0.4 is 21.4 Å². The summed E-state index contributed by atoms with van der Waals surface area (Å²) in [6, 6.07) is 15.0. The third-order valence-corrected chi connectivity index (χ3v) is 5.61. The number of methoxy groups -OCH3 is 1. The van der Waals surface area contributed by atoms with Crippen LogP contribution in [0.5, 0.6) is 5.75 Å². The Hall–Kier alpha value is -3.88. The second-order valence-corrected chi connectivity index (χ2v) is 8.57. The highest BCUT2D eigenvalue weighted by molar-refractivity contribution is 5.71. The molecule has 1 aromatic heterocycles. The molecule has 1 atom stereocenters. The number of esters is 1. The fourth-order valence-electron chi connectivity index (χ4n) is 3.47. The Balaban J connectivity index is 1.68. The van der Waals surface area contributed by atoms with Gasteiger partial charge in [-0.25, -0.2) is 14.2 Å². The van der Waals surface area contributed by atoms with Crippen molar-refractivity contribution in [2.75, 3.05) is 12.4 Å². The van der Waals surface area contributed by atoms with E-state index in [4.69, 9.17) is 9.47 Å². The van der Waals surface area contributed by atoms with Gasteiger partial charge in [0, 0.05) is 12.2 Å². The van der Waals surface area contributed by atoms with Crippen LogP contribution in [0.2, 0.25) is 0 Å². The van der Waals surface area contributed by atoms with Crippen LogP contribution in [0, 0.1) is 12.8 Å². The molecule has 0 amide bonds. The Morgan fingerprint density at radius 1 is 1.09 bits per heavy atom. The Morgan fingerprint density at radius 2 is 1.76 bits per heavy atom. The number of carbonyl (C=O) groups excluding carboxylic acids is 1. The first-order chi connectivity index (χ1) is 16.3. The van der Waals surface area contributed by atoms with Crippen LogP contribution in [0.25, 0.3) is 0 Å². The number of benzene rings is 2. The lowest BCUT2D eigenvalue weighted by atomic mass is 10.1. The van der Waals surface area contributed by atoms with Gasteiger partial charge in [-0.1, -0.05) is 36.8 Å². The van der Waals surface area contributed by atoms with Crippen LogP contribution in [-0.2, 0) is 22.6 Å². The molecule has 1 saturated carbocycles. The minimum atomic E-state index is -0.739. The molecule has 0 unspecified atom stereocenters. The van der Waals surface area contributed by atoms with Gasteiger partial charge >= 0.3 is 17.3 Å². The summed E-state index contributed by atoms with van der Waals surface area (Å²) in [5.41, 5.74) is 1.33. The summed E-state index contributed by atoms with van der Waals surface area (Å²) in [5, 5.41) is 3.09. The number of nitrogens with one attached hydrogen (secondary N) is 1. The van der Waals surface area contributed by atoms with Crippen molar-refractivity contribution in [2.24, 2.45) is 5.92 Å². The van der Waals surface area contributed by atoms with Gasteiger partial charge in [0.25, 0.3) is 0 Å². The lowest BCUT2D eigenvalue weighted by Gasteiger charge is -2.17. The lowest BCUT2D eigenvalue weighted by Crippen LogP contribution is -2.44. The van der Waals surface area contributed by atoms with Crippen LogP contribution in [0.1, 0.15) is 30.9 Å². The molecule has 34 heavy (non-hydrogen) atoms. The topological polar surface area (TPSA) is 104 Å². The van der Waals surface area contributed by atoms with E-state index < -0.39 is 23.3 Å². The van der Waals surface area contributed by atoms with E-state index in [9.17, 15) is 14.4 Å². The predicted octanol–water partition coefficient (Wildman–Crippen LogP) is 2.86. The predicted molar refractivity (Wildman–Crippen MR) is 128 cm³/mol. The van der Waals surface area contributed by atoms with E-state index in [1.807, 2.05) is 55.5 Å². The van der Waals surface area contributed by atoms with Crippen molar-refractivity contribution in [3.05, 3.63) is 80.6 Å². The van der Waals surface area contributed by atoms with E-state index in [2.05, 4.69) is 10.3 Å². The standard InChI is InChI=1S/C25H28N4O5/c1-16-4-6-18(7-5-16)15-28-23(26-19-8-10-20(11-9-19)34-21-12-13-21)27-24(31)29(25(28)32)14-17(2)22(30)33-3/h4-11,17,21H,12-15H2,1-3H3,(H,26,27,31)/t17-/m0/s1. The molecule has 9 heteroatoms. The number of anilines is 2. The first kappa shape index (κ1) is 23.3. The Kier molecular flexibility index (Phi) is 6.81. The summed E-state index contributed by atoms with van der Waals surface area (Å²) >= 11 is 0. The molecule has 0 bridgehead atoms. The van der Waals surface area contributed by atoms with E-state index in [0.29, 0.717) is 11.8 Å². The molecule has 0 spiro atoms. The van der Waals surface area contributed by atoms with Gasteiger partial charge in [0.1, 0.15) is 5.75 Å². The molecule has 1 fully saturated rings. The molecule has 4 rings (SSSR count). The molecule has 0 aliphatic heterocycles. The quantitative estimate of drug-likeness (QED) is 0.486. The third-order valence-electron chi connectivity index (χ3n) is 5.61. The van der Waals surface area contributed by atoms with Gasteiger partial charge < -0.3 is 14.8 Å². The zero-order valence-corrected chi connectivity index (χ0v) is 19.5. The molecule has 1 aliphatic carbocycles. The van der Waals surface area contributed by atoms with Gasteiger partial charge in [0.05, 0.1) is 25.7 Å². The van der Waals surface area contributed by atoms with Crippen LogP contribution in [0.15, 0.2) is 58.1 Å². The lowest BCUT2D eigenvalue weighted by molar-refractivity contribution is -0.145. The summed E-state index contributed by atoms with van der Waals surface area (Å²) in [6.07, 6.45) is 2.43. The van der Waals surface area contributed by atoms with Crippen LogP contribution >= 0.6 is 0 Å². The van der Waals surface area contributed by atoms with E-state index in [1.54, 1.807) is 6.92 Å². The van der Waals surface area contributed by atoms with Crippen molar-refractivity contribution in [1.82, 2.24) is 14.1 Å². The number of carbonyl (C=O) groups is 1. The molecule has 2 aromatic carbocycles. The average Bonchev–Trinajstić information content (AvgIpc) is 3.65. The van der Waals surface area contributed by atoms with Crippen molar-refractivity contribution < 1.29 is 14.3 Å². The van der Waals surface area contributed by atoms with Crippen molar-refractivity contribution in [3.63, 3.8) is 0 Å². The van der Waals surface area contributed by atoms with Crippen molar-refractivity contribution in [1.29, 1.82) is 0 Å². The largest absolute Gasteiger partial charge is 0.490 e. The van der Waals surface area contributed by atoms with Crippen LogP contribution in [0.4, 0.5) is 11.6 Å². The summed E-state index contributed by atoms with van der Waals surface area (Å²) in [4.78, 5) is 42.1. The minimum Gasteiger partial charge on any atom is -0.490 e. The maximum Gasteiger partial charge on any atom is 0.354 e. The highest BCUT2D eigenvalue weighted by Crippen LogP contribution is 2.27. The molecule has 1 heterocycles. The van der Waals surface area contributed by atoms with E-state index in [1.165, 1.54) is 11.7 Å². The first-order valence-electron chi connectivity index (χ1n) is 11.2. The number of ether oxygens (including phenoxy) is 2. The van der Waals surface area contributed by atoms with Gasteiger partial charge in [-0.05, 0) is 49.6 Å². The van der Waals surface area contributed by atoms with Crippen molar-refractivity contribution in [3.8, 4) is 5.75 Å². The summed E-state index contributed by atoms with van der Waals surface area (Å²) < 4.78 is 12.9. The third kappa shape index (κ3) is 5.54. The Bertz CT molecular complexity index is 1270. The maximum atomic E-state index is 13.4. The maximum absolute atomic E-state index is 13.4. The minimum absolute atomic E-state index is 0.119. The number of aromatic nitrogens is 3. The molecule has 1 aliphatic rings. The Labute approximate surface area is 197 Å². The molecule has 9 nitrogen and oxygen atoms in total. The molecule has 1 N–H and O–H groups in total. The van der Waals surface area contributed by atoms with Crippen molar-refractivity contribution >= 4 is 17.6 Å². The second-order valence-electron chi connectivity index (χ2n) is 8.57. The fraction of sp³-hybridized carbons (Fsp3) is 0.360. The number of rotatable bonds is 9. The Morgan fingerprint density at radius 3 is 2.38 bits per heavy atom. The molecule has 3 aromatic rings. The smallest absolute Gasteiger partial charge is 0.354 e. The summed E-state index contributed by atoms with van der Waals surface area (Å²) in [7, 11) is 1.27. The SMILES string of the molecule is COC(=O)[C@@H](C)Cn1c(=O)nc(Nc2ccc(OC3CC3)cc2)n(Cc2ccc(C)cc2)c1=O. The normalized spacial score (nSPS) is 13.9. The monoisotopic (exact) mass is 464 g/mol. The van der Waals surface area contributed by atoms with Gasteiger partial charge in [-0.3, -0.25) is 9.36 Å². The fourth-order valence-corrected chi connectivity index (χ4v) is 3.47. The molecular formula is C25H28N4O5. The number of hydrogen-bond donors (Lipinski definition) is 1. The van der Waals surface area contributed by atoms with Crippen LogP contribution in [0.3, 0.4) is 0 Å². The molecule has 0 saturated heterocycles. The van der Waals surface area contributed by atoms with Gasteiger partial charge in [-0.15, -0.1) is 0 Å². The number of aryl methyl sites for hydroxylation is 1. The highest BCUT2D eigenvalue weighted by atomic mass is 16.5. The number of nitrogens with zero attached hydrogens (tertiary/aromatic N) is 3.